The van der Waals surface area contributed by atoms with Gasteiger partial charge in [0.1, 0.15) is 11.4 Å². The van der Waals surface area contributed by atoms with Crippen molar-refractivity contribution in [3.05, 3.63) is 101 Å². The second-order valence-corrected chi connectivity index (χ2v) is 8.51. The number of ether oxygens (including phenoxy) is 1. The van der Waals surface area contributed by atoms with Crippen LogP contribution in [0.4, 0.5) is 10.5 Å². The Morgan fingerprint density at radius 1 is 0.971 bits per heavy atom. The number of benzene rings is 3. The van der Waals surface area contributed by atoms with Gasteiger partial charge in [-0.1, -0.05) is 74.5 Å². The van der Waals surface area contributed by atoms with Crippen molar-refractivity contribution in [1.82, 2.24) is 10.2 Å². The van der Waals surface area contributed by atoms with Crippen LogP contribution in [0, 0.1) is 0 Å². The number of anilines is 1. The third-order valence-electron chi connectivity index (χ3n) is 5.56. The van der Waals surface area contributed by atoms with Gasteiger partial charge in [-0.2, -0.15) is 0 Å². The molecule has 1 aliphatic rings. The van der Waals surface area contributed by atoms with Crippen LogP contribution in [0.15, 0.2) is 84.6 Å². The van der Waals surface area contributed by atoms with Gasteiger partial charge in [-0.3, -0.25) is 14.5 Å². The third kappa shape index (κ3) is 5.95. The number of para-hydroxylation sites is 1. The maximum Gasteiger partial charge on any atom is 0.329 e. The molecule has 0 saturated carbocycles. The van der Waals surface area contributed by atoms with E-state index in [-0.39, 0.29) is 36.6 Å². The maximum absolute atomic E-state index is 12.7. The topological polar surface area (TPSA) is 87.7 Å². The smallest absolute Gasteiger partial charge is 0.329 e. The van der Waals surface area contributed by atoms with Crippen molar-refractivity contribution in [1.29, 1.82) is 0 Å². The minimum Gasteiger partial charge on any atom is -0.484 e. The van der Waals surface area contributed by atoms with Crippen LogP contribution in [0.25, 0.3) is 6.08 Å². The molecular weight excluding hydrogens is 442 g/mol. The summed E-state index contributed by atoms with van der Waals surface area (Å²) in [5.41, 5.74) is 3.65. The summed E-state index contributed by atoms with van der Waals surface area (Å²) in [5.74, 6) is 0.183. The van der Waals surface area contributed by atoms with Crippen molar-refractivity contribution in [3.63, 3.8) is 0 Å². The highest BCUT2D eigenvalue weighted by molar-refractivity contribution is 6.13. The number of carbonyl (C=O) groups excluding carboxylic acids is 3. The third-order valence-corrected chi connectivity index (χ3v) is 5.56. The van der Waals surface area contributed by atoms with Crippen LogP contribution < -0.4 is 15.4 Å². The van der Waals surface area contributed by atoms with Crippen molar-refractivity contribution in [2.24, 2.45) is 0 Å². The molecule has 0 atom stereocenters. The standard InChI is InChI=1S/C28H27N3O4/c1-19(2)23-10-6-7-11-24(23)29-26(32)18-35-22-14-12-20(13-15-22)16-25-27(33)31(28(34)30-25)17-21-8-4-3-5-9-21/h3-16,19H,17-18H2,1-2H3,(H,29,32)(H,30,34)/b25-16+. The Morgan fingerprint density at radius 3 is 2.37 bits per heavy atom. The number of rotatable bonds is 8. The Kier molecular flexibility index (Phi) is 7.26. The first-order valence-electron chi connectivity index (χ1n) is 11.4. The number of imide groups is 1. The van der Waals surface area contributed by atoms with Crippen molar-refractivity contribution >= 4 is 29.6 Å². The lowest BCUT2D eigenvalue weighted by Gasteiger charge is -2.14. The lowest BCUT2D eigenvalue weighted by atomic mass is 10.0. The van der Waals surface area contributed by atoms with Crippen LogP contribution >= 0.6 is 0 Å². The molecule has 1 heterocycles. The highest BCUT2D eigenvalue weighted by Gasteiger charge is 2.33. The average molecular weight is 470 g/mol. The fourth-order valence-electron chi connectivity index (χ4n) is 3.76. The van der Waals surface area contributed by atoms with Crippen LogP contribution in [0.3, 0.4) is 0 Å². The second-order valence-electron chi connectivity index (χ2n) is 8.51. The van der Waals surface area contributed by atoms with Crippen LogP contribution in [0.5, 0.6) is 5.75 Å². The molecule has 3 aromatic carbocycles. The van der Waals surface area contributed by atoms with E-state index < -0.39 is 6.03 Å². The zero-order chi connectivity index (χ0) is 24.8. The molecule has 7 nitrogen and oxygen atoms in total. The Hall–Kier alpha value is -4.39. The summed E-state index contributed by atoms with van der Waals surface area (Å²) in [6.07, 6.45) is 1.62. The Balaban J connectivity index is 1.34. The summed E-state index contributed by atoms with van der Waals surface area (Å²) in [6.45, 7) is 4.22. The second kappa shape index (κ2) is 10.7. The van der Waals surface area contributed by atoms with E-state index in [1.807, 2.05) is 54.6 Å². The van der Waals surface area contributed by atoms with Crippen LogP contribution in [0.2, 0.25) is 0 Å². The van der Waals surface area contributed by atoms with Crippen LogP contribution in [-0.2, 0) is 16.1 Å². The fourth-order valence-corrected chi connectivity index (χ4v) is 3.76. The van der Waals surface area contributed by atoms with Gasteiger partial charge in [-0.15, -0.1) is 0 Å². The number of hydrogen-bond donors (Lipinski definition) is 2. The first-order chi connectivity index (χ1) is 16.9. The Morgan fingerprint density at radius 2 is 1.66 bits per heavy atom. The molecule has 2 N–H and O–H groups in total. The van der Waals surface area contributed by atoms with Crippen LogP contribution in [0.1, 0.15) is 36.5 Å². The fraction of sp³-hybridized carbons (Fsp3) is 0.179. The molecule has 0 spiro atoms. The molecule has 7 heteroatoms. The van der Waals surface area contributed by atoms with Gasteiger partial charge in [0.25, 0.3) is 11.8 Å². The molecule has 4 amide bonds. The normalized spacial score (nSPS) is 14.4. The largest absolute Gasteiger partial charge is 0.484 e. The molecule has 35 heavy (non-hydrogen) atoms. The molecule has 1 aliphatic heterocycles. The predicted molar refractivity (Wildman–Crippen MR) is 135 cm³/mol. The number of nitrogens with one attached hydrogen (secondary N) is 2. The summed E-state index contributed by atoms with van der Waals surface area (Å²) in [4.78, 5) is 38.5. The first kappa shape index (κ1) is 23.8. The SMILES string of the molecule is CC(C)c1ccccc1NC(=O)COc1ccc(/C=C2/NC(=O)N(Cc3ccccc3)C2=O)cc1. The number of urea groups is 1. The van der Waals surface area contributed by atoms with E-state index in [0.29, 0.717) is 5.75 Å². The summed E-state index contributed by atoms with van der Waals surface area (Å²) in [5, 5.41) is 5.52. The Labute approximate surface area is 204 Å². The first-order valence-corrected chi connectivity index (χ1v) is 11.4. The van der Waals surface area contributed by atoms with E-state index in [9.17, 15) is 14.4 Å². The Bertz CT molecular complexity index is 1250. The van der Waals surface area contributed by atoms with Gasteiger partial charge >= 0.3 is 6.03 Å². The van der Waals surface area contributed by atoms with Crippen molar-refractivity contribution in [3.8, 4) is 5.75 Å². The van der Waals surface area contributed by atoms with Gasteiger partial charge < -0.3 is 15.4 Å². The lowest BCUT2D eigenvalue weighted by Crippen LogP contribution is -2.30. The van der Waals surface area contributed by atoms with E-state index in [1.54, 1.807) is 30.3 Å². The molecule has 0 radical (unpaired) electrons. The zero-order valence-electron chi connectivity index (χ0n) is 19.7. The van der Waals surface area contributed by atoms with E-state index >= 15 is 0 Å². The monoisotopic (exact) mass is 469 g/mol. The minimum atomic E-state index is -0.449. The molecule has 1 saturated heterocycles. The van der Waals surface area contributed by atoms with E-state index in [2.05, 4.69) is 24.5 Å². The molecule has 0 bridgehead atoms. The molecule has 3 aromatic rings. The summed E-state index contributed by atoms with van der Waals surface area (Å²) in [6, 6.07) is 23.5. The predicted octanol–water partition coefficient (Wildman–Crippen LogP) is 4.92. The molecule has 0 aliphatic carbocycles. The maximum atomic E-state index is 12.7. The zero-order valence-corrected chi connectivity index (χ0v) is 19.7. The highest BCUT2D eigenvalue weighted by Crippen LogP contribution is 2.24. The molecule has 0 unspecified atom stereocenters. The van der Waals surface area contributed by atoms with Crippen molar-refractivity contribution in [2.75, 3.05) is 11.9 Å². The molecule has 0 aromatic heterocycles. The van der Waals surface area contributed by atoms with E-state index in [4.69, 9.17) is 4.74 Å². The van der Waals surface area contributed by atoms with Gasteiger partial charge in [0.05, 0.1) is 6.54 Å². The minimum absolute atomic E-state index is 0.129. The van der Waals surface area contributed by atoms with Crippen LogP contribution in [-0.4, -0.2) is 29.4 Å². The number of nitrogens with zero attached hydrogens (tertiary/aromatic N) is 1. The molecular formula is C28H27N3O4. The average Bonchev–Trinajstić information content (AvgIpc) is 3.11. The summed E-state index contributed by atoms with van der Waals surface area (Å²) in [7, 11) is 0. The van der Waals surface area contributed by atoms with E-state index in [1.165, 1.54) is 4.90 Å². The highest BCUT2D eigenvalue weighted by atomic mass is 16.5. The van der Waals surface area contributed by atoms with Gasteiger partial charge in [-0.25, -0.2) is 4.79 Å². The van der Waals surface area contributed by atoms with Gasteiger partial charge in [0, 0.05) is 5.69 Å². The number of carbonyl (C=O) groups is 3. The molecule has 4 rings (SSSR count). The van der Waals surface area contributed by atoms with Gasteiger partial charge in [0.15, 0.2) is 6.61 Å². The van der Waals surface area contributed by atoms with Crippen molar-refractivity contribution < 1.29 is 19.1 Å². The quantitative estimate of drug-likeness (QED) is 0.362. The lowest BCUT2D eigenvalue weighted by molar-refractivity contribution is -0.123. The van der Waals surface area contributed by atoms with Crippen molar-refractivity contribution in [2.45, 2.75) is 26.3 Å². The molecule has 178 valence electrons. The van der Waals surface area contributed by atoms with Gasteiger partial charge in [0.2, 0.25) is 0 Å². The molecule has 1 fully saturated rings. The summed E-state index contributed by atoms with van der Waals surface area (Å²) >= 11 is 0. The van der Waals surface area contributed by atoms with Gasteiger partial charge in [-0.05, 0) is 46.9 Å². The number of hydrogen-bond acceptors (Lipinski definition) is 4. The van der Waals surface area contributed by atoms with E-state index in [0.717, 1.165) is 22.4 Å². The summed E-state index contributed by atoms with van der Waals surface area (Å²) < 4.78 is 5.61. The number of amides is 4.